The zero-order chi connectivity index (χ0) is 22.0. The molecule has 31 heavy (non-hydrogen) atoms. The van der Waals surface area contributed by atoms with Crippen LogP contribution in [0.25, 0.3) is 0 Å². The van der Waals surface area contributed by atoms with Crippen LogP contribution in [-0.2, 0) is 9.59 Å². The molecule has 1 aliphatic rings. The fourth-order valence-corrected chi connectivity index (χ4v) is 3.33. The molecule has 0 saturated carbocycles. The molecule has 1 aromatic heterocycles. The van der Waals surface area contributed by atoms with E-state index in [0.29, 0.717) is 22.6 Å². The number of nitrogens with zero attached hydrogens (tertiary/aromatic N) is 2. The van der Waals surface area contributed by atoms with Crippen molar-refractivity contribution in [3.8, 4) is 5.75 Å². The number of nitrogen functional groups attached to an aromatic ring is 1. The van der Waals surface area contributed by atoms with E-state index in [1.165, 1.54) is 11.8 Å². The average Bonchev–Trinajstić information content (AvgIpc) is 2.76. The molecule has 0 saturated heterocycles. The highest BCUT2D eigenvalue weighted by Gasteiger charge is 2.37. The van der Waals surface area contributed by atoms with Crippen molar-refractivity contribution in [2.75, 3.05) is 22.5 Å². The van der Waals surface area contributed by atoms with E-state index in [1.807, 2.05) is 18.2 Å². The first-order valence-electron chi connectivity index (χ1n) is 9.63. The van der Waals surface area contributed by atoms with Crippen LogP contribution < -0.4 is 20.7 Å². The van der Waals surface area contributed by atoms with Crippen LogP contribution in [0, 0.1) is 0 Å². The van der Waals surface area contributed by atoms with Gasteiger partial charge in [0, 0.05) is 23.7 Å². The summed E-state index contributed by atoms with van der Waals surface area (Å²) >= 11 is 0. The van der Waals surface area contributed by atoms with E-state index in [0.717, 1.165) is 0 Å². The summed E-state index contributed by atoms with van der Waals surface area (Å²) in [5.41, 5.74) is 7.46. The Kier molecular flexibility index (Phi) is 5.36. The van der Waals surface area contributed by atoms with E-state index in [1.54, 1.807) is 48.5 Å². The number of anilines is 3. The van der Waals surface area contributed by atoms with Crippen molar-refractivity contribution in [2.45, 2.75) is 13.0 Å². The number of carbonyl (C=O) groups excluding carboxylic acids is 3. The van der Waals surface area contributed by atoms with Crippen LogP contribution in [0.4, 0.5) is 17.3 Å². The third-order valence-corrected chi connectivity index (χ3v) is 4.78. The van der Waals surface area contributed by atoms with Crippen LogP contribution >= 0.6 is 0 Å². The lowest BCUT2D eigenvalue weighted by Crippen LogP contribution is -2.44. The maximum Gasteiger partial charge on any atom is 0.274 e. The summed E-state index contributed by atoms with van der Waals surface area (Å²) < 4.78 is 5.89. The minimum Gasteiger partial charge on any atom is -0.472 e. The van der Waals surface area contributed by atoms with Gasteiger partial charge in [-0.25, -0.2) is 4.98 Å². The summed E-state index contributed by atoms with van der Waals surface area (Å²) in [6.07, 6.45) is -0.894. The van der Waals surface area contributed by atoms with Crippen LogP contribution in [0.3, 0.4) is 0 Å². The Morgan fingerprint density at radius 2 is 1.77 bits per heavy atom. The number of nitrogens with two attached hydrogens (primary N) is 1. The molecule has 3 aromatic rings. The van der Waals surface area contributed by atoms with Crippen LogP contribution in [0.15, 0.2) is 66.7 Å². The number of ether oxygens (including phenoxy) is 1. The van der Waals surface area contributed by atoms with E-state index in [4.69, 9.17) is 10.5 Å². The Hall–Kier alpha value is -4.20. The maximum atomic E-state index is 13.3. The molecule has 156 valence electrons. The fraction of sp³-hybridized carbons (Fsp3) is 0.130. The van der Waals surface area contributed by atoms with Gasteiger partial charge < -0.3 is 15.8 Å². The van der Waals surface area contributed by atoms with Gasteiger partial charge in [0.15, 0.2) is 17.4 Å². The van der Waals surface area contributed by atoms with Crippen molar-refractivity contribution in [3.63, 3.8) is 0 Å². The minimum atomic E-state index is -0.894. The number of aromatic nitrogens is 1. The summed E-state index contributed by atoms with van der Waals surface area (Å²) in [4.78, 5) is 42.9. The minimum absolute atomic E-state index is 0.204. The number of Topliss-reactive ketones (excluding diaryl/α,β-unsaturated/α-hetero) is 1. The molecular weight excluding hydrogens is 396 g/mol. The molecule has 3 N–H and O–H groups in total. The highest BCUT2D eigenvalue weighted by atomic mass is 16.5. The first-order chi connectivity index (χ1) is 14.9. The Labute approximate surface area is 178 Å². The number of carbonyl (C=O) groups is 3. The second-order valence-electron chi connectivity index (χ2n) is 7.07. The lowest BCUT2D eigenvalue weighted by Gasteiger charge is -2.33. The Morgan fingerprint density at radius 3 is 2.45 bits per heavy atom. The van der Waals surface area contributed by atoms with Crippen molar-refractivity contribution in [3.05, 3.63) is 77.9 Å². The molecule has 0 fully saturated rings. The predicted octanol–water partition coefficient (Wildman–Crippen LogP) is 2.97. The maximum absolute atomic E-state index is 13.3. The smallest absolute Gasteiger partial charge is 0.274 e. The quantitative estimate of drug-likeness (QED) is 0.618. The molecule has 1 atom stereocenters. The number of nitrogens with one attached hydrogen (secondary N) is 1. The summed E-state index contributed by atoms with van der Waals surface area (Å²) in [6, 6.07) is 18.7. The first-order valence-corrected chi connectivity index (χ1v) is 9.63. The number of amides is 2. The lowest BCUT2D eigenvalue weighted by molar-refractivity contribution is -0.126. The van der Waals surface area contributed by atoms with Gasteiger partial charge in [0.25, 0.3) is 5.91 Å². The van der Waals surface area contributed by atoms with Gasteiger partial charge in [-0.05, 0) is 36.4 Å². The van der Waals surface area contributed by atoms with Crippen molar-refractivity contribution in [1.82, 2.24) is 4.98 Å². The van der Waals surface area contributed by atoms with Gasteiger partial charge >= 0.3 is 0 Å². The van der Waals surface area contributed by atoms with Gasteiger partial charge in [-0.2, -0.15) is 0 Å². The SMILES string of the molecule is CC(=O)Nc1ccc(C(=O)CN2C(=O)C(c3ccccc3)Oc3ccc(N)nc32)cc1. The summed E-state index contributed by atoms with van der Waals surface area (Å²) in [6.45, 7) is 1.18. The first kappa shape index (κ1) is 20.1. The van der Waals surface area contributed by atoms with E-state index in [9.17, 15) is 14.4 Å². The molecule has 0 radical (unpaired) electrons. The largest absolute Gasteiger partial charge is 0.472 e. The lowest BCUT2D eigenvalue weighted by atomic mass is 10.0. The number of hydrogen-bond donors (Lipinski definition) is 2. The summed E-state index contributed by atoms with van der Waals surface area (Å²) in [5.74, 6) is -0.0980. The molecule has 2 amide bonds. The van der Waals surface area contributed by atoms with Crippen molar-refractivity contribution >= 4 is 34.9 Å². The van der Waals surface area contributed by atoms with Crippen molar-refractivity contribution in [1.29, 1.82) is 0 Å². The number of ketones is 1. The van der Waals surface area contributed by atoms with E-state index in [-0.39, 0.29) is 29.9 Å². The zero-order valence-corrected chi connectivity index (χ0v) is 16.7. The number of hydrogen-bond acceptors (Lipinski definition) is 6. The van der Waals surface area contributed by atoms with Crippen LogP contribution in [0.1, 0.15) is 28.9 Å². The molecule has 0 aliphatic carbocycles. The number of benzene rings is 2. The van der Waals surface area contributed by atoms with Crippen molar-refractivity contribution < 1.29 is 19.1 Å². The Bertz CT molecular complexity index is 1150. The number of pyridine rings is 1. The van der Waals surface area contributed by atoms with E-state index >= 15 is 0 Å². The van der Waals surface area contributed by atoms with Gasteiger partial charge in [-0.3, -0.25) is 19.3 Å². The van der Waals surface area contributed by atoms with Gasteiger partial charge in [0.1, 0.15) is 5.82 Å². The predicted molar refractivity (Wildman–Crippen MR) is 116 cm³/mol. The molecule has 0 spiro atoms. The van der Waals surface area contributed by atoms with Gasteiger partial charge in [0.2, 0.25) is 12.0 Å². The van der Waals surface area contributed by atoms with Gasteiger partial charge in [0.05, 0.1) is 6.54 Å². The molecule has 1 unspecified atom stereocenters. The molecular formula is C23H20N4O4. The Balaban J connectivity index is 1.64. The van der Waals surface area contributed by atoms with Crippen molar-refractivity contribution in [2.24, 2.45) is 0 Å². The highest BCUT2D eigenvalue weighted by Crippen LogP contribution is 2.38. The van der Waals surface area contributed by atoms with E-state index < -0.39 is 12.0 Å². The van der Waals surface area contributed by atoms with Crippen LogP contribution in [0.5, 0.6) is 5.75 Å². The average molecular weight is 416 g/mol. The molecule has 4 rings (SSSR count). The second-order valence-corrected chi connectivity index (χ2v) is 7.07. The topological polar surface area (TPSA) is 115 Å². The summed E-state index contributed by atoms with van der Waals surface area (Å²) in [5, 5.41) is 2.65. The van der Waals surface area contributed by atoms with Crippen LogP contribution in [-0.4, -0.2) is 29.1 Å². The third kappa shape index (κ3) is 4.23. The number of fused-ring (bicyclic) bond motifs is 1. The standard InChI is InChI=1S/C23H20N4O4/c1-14(28)25-17-9-7-15(8-10-17)18(29)13-27-22-19(11-12-20(24)26-22)31-21(23(27)30)16-5-3-2-4-6-16/h2-12,21H,13H2,1H3,(H2,24,26)(H,25,28). The third-order valence-electron chi connectivity index (χ3n) is 4.78. The highest BCUT2D eigenvalue weighted by molar-refractivity contribution is 6.08. The number of rotatable bonds is 5. The van der Waals surface area contributed by atoms with E-state index in [2.05, 4.69) is 10.3 Å². The molecule has 2 aromatic carbocycles. The monoisotopic (exact) mass is 416 g/mol. The van der Waals surface area contributed by atoms with Gasteiger partial charge in [-0.1, -0.05) is 30.3 Å². The molecule has 8 heteroatoms. The Morgan fingerprint density at radius 1 is 1.06 bits per heavy atom. The normalized spacial score (nSPS) is 15.1. The molecule has 1 aliphatic heterocycles. The van der Waals surface area contributed by atoms with Crippen LogP contribution in [0.2, 0.25) is 0 Å². The zero-order valence-electron chi connectivity index (χ0n) is 16.7. The molecule has 8 nitrogen and oxygen atoms in total. The fourth-order valence-electron chi connectivity index (χ4n) is 3.33. The molecule has 0 bridgehead atoms. The van der Waals surface area contributed by atoms with Gasteiger partial charge in [-0.15, -0.1) is 0 Å². The second kappa shape index (κ2) is 8.27. The molecule has 2 heterocycles. The summed E-state index contributed by atoms with van der Waals surface area (Å²) in [7, 11) is 0.